The van der Waals surface area contributed by atoms with E-state index >= 15 is 0 Å². The first-order valence-electron chi connectivity index (χ1n) is 6.56. The van der Waals surface area contributed by atoms with Crippen molar-refractivity contribution in [1.29, 1.82) is 0 Å². The number of halogens is 2. The van der Waals surface area contributed by atoms with Gasteiger partial charge in [0.1, 0.15) is 12.3 Å². The summed E-state index contributed by atoms with van der Waals surface area (Å²) >= 11 is 0. The van der Waals surface area contributed by atoms with Gasteiger partial charge in [-0.15, -0.1) is 5.10 Å². The smallest absolute Gasteiger partial charge is 0.273 e. The van der Waals surface area contributed by atoms with Crippen molar-refractivity contribution in [1.82, 2.24) is 19.6 Å². The van der Waals surface area contributed by atoms with E-state index in [4.69, 9.17) is 4.74 Å². The van der Waals surface area contributed by atoms with Gasteiger partial charge in [0.25, 0.3) is 11.5 Å². The Hall–Kier alpha value is -2.09. The Balaban J connectivity index is 1.64. The normalized spacial score (nSPS) is 20.8. The van der Waals surface area contributed by atoms with Crippen LogP contribution >= 0.6 is 0 Å². The highest BCUT2D eigenvalue weighted by Crippen LogP contribution is 2.29. The molecule has 1 atom stereocenters. The van der Waals surface area contributed by atoms with Gasteiger partial charge in [0.2, 0.25) is 0 Å². The first-order valence-corrected chi connectivity index (χ1v) is 6.56. The summed E-state index contributed by atoms with van der Waals surface area (Å²) in [4.78, 5) is 11.6. The van der Waals surface area contributed by atoms with Crippen molar-refractivity contribution in [2.24, 2.45) is 0 Å². The molecule has 0 aromatic carbocycles. The maximum absolute atomic E-state index is 13.0. The number of ether oxygens (including phenoxy) is 1. The van der Waals surface area contributed by atoms with Crippen LogP contribution in [0.2, 0.25) is 0 Å². The number of hydrogen-bond acceptors (Lipinski definition) is 4. The van der Waals surface area contributed by atoms with Crippen LogP contribution in [0.25, 0.3) is 0 Å². The molecule has 1 aliphatic rings. The van der Waals surface area contributed by atoms with Crippen LogP contribution in [0.15, 0.2) is 35.4 Å². The van der Waals surface area contributed by atoms with Crippen molar-refractivity contribution in [3.05, 3.63) is 46.6 Å². The lowest BCUT2D eigenvalue weighted by Crippen LogP contribution is -2.19. The molecule has 8 heteroatoms. The molecule has 0 radical (unpaired) electrons. The molecule has 1 aliphatic heterocycles. The molecule has 2 aromatic heterocycles. The van der Waals surface area contributed by atoms with Gasteiger partial charge in [-0.05, 0) is 6.07 Å². The molecule has 0 saturated carbocycles. The Morgan fingerprint density at radius 3 is 3.00 bits per heavy atom. The summed E-state index contributed by atoms with van der Waals surface area (Å²) in [5.74, 6) is -2.76. The number of hydrogen-bond donors (Lipinski definition) is 0. The third-order valence-corrected chi connectivity index (χ3v) is 3.26. The van der Waals surface area contributed by atoms with Crippen molar-refractivity contribution in [2.75, 3.05) is 6.61 Å². The highest BCUT2D eigenvalue weighted by Gasteiger charge is 2.40. The average molecular weight is 296 g/mol. The van der Waals surface area contributed by atoms with Crippen LogP contribution in [0.5, 0.6) is 0 Å². The fourth-order valence-corrected chi connectivity index (χ4v) is 2.28. The Bertz CT molecular complexity index is 683. The standard InChI is InChI=1S/C13H14F2N4O2/c14-13(15)5-11(21-9-13)8-19-7-10(16-17-19)6-18-4-2-1-3-12(18)20/h1-4,7,11H,5-6,8-9H2. The molecule has 0 amide bonds. The summed E-state index contributed by atoms with van der Waals surface area (Å²) in [6.45, 7) is -0.0216. The molecule has 1 saturated heterocycles. The number of alkyl halides is 2. The molecule has 0 spiro atoms. The molecule has 0 aliphatic carbocycles. The van der Waals surface area contributed by atoms with Crippen LogP contribution in [0.1, 0.15) is 12.1 Å². The van der Waals surface area contributed by atoms with Gasteiger partial charge < -0.3 is 9.30 Å². The zero-order valence-electron chi connectivity index (χ0n) is 11.2. The van der Waals surface area contributed by atoms with E-state index in [0.29, 0.717) is 12.2 Å². The third-order valence-electron chi connectivity index (χ3n) is 3.26. The monoisotopic (exact) mass is 296 g/mol. The van der Waals surface area contributed by atoms with Gasteiger partial charge in [0.05, 0.1) is 25.4 Å². The molecule has 112 valence electrons. The first kappa shape index (κ1) is 13.9. The largest absolute Gasteiger partial charge is 0.370 e. The summed E-state index contributed by atoms with van der Waals surface area (Å²) in [6.07, 6.45) is 2.43. The molecule has 2 aromatic rings. The minimum absolute atomic E-state index is 0.134. The summed E-state index contributed by atoms with van der Waals surface area (Å²) in [6, 6.07) is 4.87. The van der Waals surface area contributed by atoms with E-state index in [0.717, 1.165) is 0 Å². The Labute approximate surface area is 119 Å². The van der Waals surface area contributed by atoms with Gasteiger partial charge in [-0.2, -0.15) is 0 Å². The van der Waals surface area contributed by atoms with Crippen molar-refractivity contribution < 1.29 is 13.5 Å². The minimum Gasteiger partial charge on any atom is -0.370 e. The molecule has 1 fully saturated rings. The molecular weight excluding hydrogens is 282 g/mol. The van der Waals surface area contributed by atoms with E-state index in [1.54, 1.807) is 24.5 Å². The van der Waals surface area contributed by atoms with E-state index in [-0.39, 0.29) is 18.5 Å². The van der Waals surface area contributed by atoms with Gasteiger partial charge in [0, 0.05) is 18.7 Å². The molecule has 0 N–H and O–H groups in total. The zero-order chi connectivity index (χ0) is 14.9. The fourth-order valence-electron chi connectivity index (χ4n) is 2.28. The number of nitrogens with zero attached hydrogens (tertiary/aromatic N) is 4. The number of rotatable bonds is 4. The quantitative estimate of drug-likeness (QED) is 0.841. The van der Waals surface area contributed by atoms with E-state index in [1.807, 2.05) is 0 Å². The third kappa shape index (κ3) is 3.33. The van der Waals surface area contributed by atoms with Crippen LogP contribution in [-0.4, -0.2) is 38.2 Å². The number of pyridine rings is 1. The Morgan fingerprint density at radius 1 is 1.43 bits per heavy atom. The van der Waals surface area contributed by atoms with Crippen LogP contribution < -0.4 is 5.56 Å². The Morgan fingerprint density at radius 2 is 2.29 bits per heavy atom. The highest BCUT2D eigenvalue weighted by atomic mass is 19.3. The maximum Gasteiger partial charge on any atom is 0.273 e. The molecule has 21 heavy (non-hydrogen) atoms. The molecule has 3 rings (SSSR count). The molecule has 0 bridgehead atoms. The van der Waals surface area contributed by atoms with E-state index in [9.17, 15) is 13.6 Å². The van der Waals surface area contributed by atoms with Crippen LogP contribution in [0, 0.1) is 0 Å². The minimum atomic E-state index is -2.76. The lowest BCUT2D eigenvalue weighted by atomic mass is 10.2. The number of aromatic nitrogens is 4. The molecule has 6 nitrogen and oxygen atoms in total. The summed E-state index contributed by atoms with van der Waals surface area (Å²) in [5.41, 5.74) is 0.457. The van der Waals surface area contributed by atoms with E-state index < -0.39 is 18.6 Å². The lowest BCUT2D eigenvalue weighted by Gasteiger charge is -2.07. The van der Waals surface area contributed by atoms with Crippen molar-refractivity contribution in [3.8, 4) is 0 Å². The molecule has 1 unspecified atom stereocenters. The van der Waals surface area contributed by atoms with Crippen LogP contribution in [0.3, 0.4) is 0 Å². The van der Waals surface area contributed by atoms with E-state index in [1.165, 1.54) is 15.3 Å². The predicted octanol–water partition coefficient (Wildman–Crippen LogP) is 0.912. The summed E-state index contributed by atoms with van der Waals surface area (Å²) in [7, 11) is 0. The van der Waals surface area contributed by atoms with E-state index in [2.05, 4.69) is 10.3 Å². The van der Waals surface area contributed by atoms with Crippen molar-refractivity contribution >= 4 is 0 Å². The predicted molar refractivity (Wildman–Crippen MR) is 69.1 cm³/mol. The molecular formula is C13H14F2N4O2. The van der Waals surface area contributed by atoms with Gasteiger partial charge >= 0.3 is 0 Å². The van der Waals surface area contributed by atoms with Crippen LogP contribution in [-0.2, 0) is 17.8 Å². The van der Waals surface area contributed by atoms with Gasteiger partial charge in [-0.25, -0.2) is 13.5 Å². The lowest BCUT2D eigenvalue weighted by molar-refractivity contribution is -0.0107. The van der Waals surface area contributed by atoms with Gasteiger partial charge in [0.15, 0.2) is 0 Å². The SMILES string of the molecule is O=c1ccccn1Cc1cn(CC2CC(F)(F)CO2)nn1. The van der Waals surface area contributed by atoms with Crippen molar-refractivity contribution in [2.45, 2.75) is 31.5 Å². The first-order chi connectivity index (χ1) is 10.0. The summed E-state index contributed by atoms with van der Waals surface area (Å²) < 4.78 is 34.0. The average Bonchev–Trinajstić information content (AvgIpc) is 2.99. The summed E-state index contributed by atoms with van der Waals surface area (Å²) in [5, 5.41) is 7.82. The van der Waals surface area contributed by atoms with Crippen LogP contribution in [0.4, 0.5) is 8.78 Å². The fraction of sp³-hybridized carbons (Fsp3) is 0.462. The second-order valence-corrected chi connectivity index (χ2v) is 5.09. The van der Waals surface area contributed by atoms with Gasteiger partial charge in [-0.3, -0.25) is 4.79 Å². The maximum atomic E-state index is 13.0. The zero-order valence-corrected chi connectivity index (χ0v) is 11.2. The molecule has 3 heterocycles. The topological polar surface area (TPSA) is 61.9 Å². The second-order valence-electron chi connectivity index (χ2n) is 5.09. The highest BCUT2D eigenvalue weighted by molar-refractivity contribution is 4.99. The van der Waals surface area contributed by atoms with Gasteiger partial charge in [-0.1, -0.05) is 11.3 Å². The second kappa shape index (κ2) is 5.36. The van der Waals surface area contributed by atoms with Crippen molar-refractivity contribution in [3.63, 3.8) is 0 Å². The Kier molecular flexibility index (Phi) is 3.54.